The van der Waals surface area contributed by atoms with Crippen LogP contribution in [0.15, 0.2) is 53.5 Å². The lowest BCUT2D eigenvalue weighted by molar-refractivity contribution is 0.595. The standard InChI is InChI=1S/C17H24N2S/c1-14(18-3)13-19-12-8-4-5-9-15(2)20-17-11-7-6-10-16(17)19/h4-11,14-15,18H,12-13H2,1-3H3/b8-4-,9-5-. The topological polar surface area (TPSA) is 15.3 Å². The van der Waals surface area contributed by atoms with E-state index in [4.69, 9.17) is 0 Å². The molecular weight excluding hydrogens is 264 g/mol. The van der Waals surface area contributed by atoms with Gasteiger partial charge in [-0.05, 0) is 33.0 Å². The fourth-order valence-corrected chi connectivity index (χ4v) is 3.28. The molecule has 20 heavy (non-hydrogen) atoms. The van der Waals surface area contributed by atoms with Crippen molar-refractivity contribution in [3.05, 3.63) is 48.6 Å². The first-order valence-electron chi connectivity index (χ1n) is 7.22. The lowest BCUT2D eigenvalue weighted by atomic mass is 10.2. The molecule has 1 aromatic rings. The number of nitrogens with zero attached hydrogens (tertiary/aromatic N) is 1. The summed E-state index contributed by atoms with van der Waals surface area (Å²) in [6.45, 7) is 6.42. The number of benzene rings is 1. The first-order valence-corrected chi connectivity index (χ1v) is 8.10. The number of nitrogens with one attached hydrogen (secondary N) is 1. The van der Waals surface area contributed by atoms with E-state index in [1.54, 1.807) is 0 Å². The lowest BCUT2D eigenvalue weighted by Gasteiger charge is -2.29. The molecule has 0 saturated heterocycles. The Kier molecular flexibility index (Phi) is 5.74. The van der Waals surface area contributed by atoms with Crippen LogP contribution >= 0.6 is 11.8 Å². The van der Waals surface area contributed by atoms with Crippen molar-refractivity contribution in [1.82, 2.24) is 5.32 Å². The maximum absolute atomic E-state index is 3.33. The molecule has 2 unspecified atom stereocenters. The Morgan fingerprint density at radius 2 is 2.15 bits per heavy atom. The minimum atomic E-state index is 0.470. The van der Waals surface area contributed by atoms with Crippen LogP contribution < -0.4 is 10.2 Å². The first-order chi connectivity index (χ1) is 9.70. The molecule has 2 rings (SSSR count). The second-order valence-corrected chi connectivity index (χ2v) is 6.62. The van der Waals surface area contributed by atoms with Gasteiger partial charge < -0.3 is 10.2 Å². The minimum absolute atomic E-state index is 0.470. The van der Waals surface area contributed by atoms with Gasteiger partial charge >= 0.3 is 0 Å². The number of fused-ring (bicyclic) bond motifs is 1. The van der Waals surface area contributed by atoms with Crippen LogP contribution in [0.3, 0.4) is 0 Å². The fraction of sp³-hybridized carbons (Fsp3) is 0.412. The molecule has 2 atom stereocenters. The maximum Gasteiger partial charge on any atom is 0.0507 e. The van der Waals surface area contributed by atoms with E-state index in [-0.39, 0.29) is 0 Å². The van der Waals surface area contributed by atoms with Gasteiger partial charge in [-0.1, -0.05) is 36.4 Å². The highest BCUT2D eigenvalue weighted by atomic mass is 32.2. The van der Waals surface area contributed by atoms with E-state index in [9.17, 15) is 0 Å². The van der Waals surface area contributed by atoms with E-state index in [0.717, 1.165) is 13.1 Å². The highest BCUT2D eigenvalue weighted by Gasteiger charge is 2.14. The molecular formula is C17H24N2S. The molecule has 1 aliphatic rings. The Morgan fingerprint density at radius 3 is 2.95 bits per heavy atom. The summed E-state index contributed by atoms with van der Waals surface area (Å²) in [4.78, 5) is 3.81. The van der Waals surface area contributed by atoms with E-state index >= 15 is 0 Å². The molecule has 0 fully saturated rings. The molecule has 2 nitrogen and oxygen atoms in total. The predicted octanol–water partition coefficient (Wildman–Crippen LogP) is 3.71. The Balaban J connectivity index is 2.32. The third kappa shape index (κ3) is 4.15. The van der Waals surface area contributed by atoms with Crippen molar-refractivity contribution in [2.24, 2.45) is 0 Å². The number of rotatable bonds is 3. The van der Waals surface area contributed by atoms with Gasteiger partial charge in [0.15, 0.2) is 0 Å². The average Bonchev–Trinajstić information content (AvgIpc) is 2.46. The van der Waals surface area contributed by atoms with Gasteiger partial charge in [-0.25, -0.2) is 0 Å². The summed E-state index contributed by atoms with van der Waals surface area (Å²) >= 11 is 1.92. The van der Waals surface area contributed by atoms with Crippen LogP contribution in [0.25, 0.3) is 0 Å². The summed E-state index contributed by atoms with van der Waals surface area (Å²) in [5.41, 5.74) is 1.34. The molecule has 3 heteroatoms. The predicted molar refractivity (Wildman–Crippen MR) is 90.8 cm³/mol. The highest BCUT2D eigenvalue weighted by molar-refractivity contribution is 8.00. The highest BCUT2D eigenvalue weighted by Crippen LogP contribution is 2.33. The number of thioether (sulfide) groups is 1. The number of hydrogen-bond donors (Lipinski definition) is 1. The van der Waals surface area contributed by atoms with Gasteiger partial charge in [0.1, 0.15) is 0 Å². The molecule has 0 aromatic heterocycles. The molecule has 0 aliphatic carbocycles. The van der Waals surface area contributed by atoms with Crippen LogP contribution in [0, 0.1) is 0 Å². The first kappa shape index (κ1) is 15.2. The molecule has 1 heterocycles. The van der Waals surface area contributed by atoms with Crippen LogP contribution in [0.1, 0.15) is 13.8 Å². The molecule has 0 saturated carbocycles. The smallest absolute Gasteiger partial charge is 0.0507 e. The largest absolute Gasteiger partial charge is 0.365 e. The zero-order valence-corrected chi connectivity index (χ0v) is 13.4. The quantitative estimate of drug-likeness (QED) is 0.913. The Labute approximate surface area is 126 Å². The van der Waals surface area contributed by atoms with Crippen molar-refractivity contribution >= 4 is 17.4 Å². The number of para-hydroxylation sites is 1. The van der Waals surface area contributed by atoms with Gasteiger partial charge in [0, 0.05) is 29.3 Å². The van der Waals surface area contributed by atoms with Gasteiger partial charge in [0.05, 0.1) is 5.69 Å². The summed E-state index contributed by atoms with van der Waals surface area (Å²) < 4.78 is 0. The van der Waals surface area contributed by atoms with Crippen LogP contribution in [-0.2, 0) is 0 Å². The van der Waals surface area contributed by atoms with Crippen LogP contribution in [-0.4, -0.2) is 31.4 Å². The molecule has 0 radical (unpaired) electrons. The van der Waals surface area contributed by atoms with Crippen molar-refractivity contribution in [3.63, 3.8) is 0 Å². The average molecular weight is 288 g/mol. The molecule has 0 spiro atoms. The van der Waals surface area contributed by atoms with Crippen molar-refractivity contribution in [2.45, 2.75) is 30.0 Å². The zero-order chi connectivity index (χ0) is 14.4. The Morgan fingerprint density at radius 1 is 1.35 bits per heavy atom. The monoisotopic (exact) mass is 288 g/mol. The van der Waals surface area contributed by atoms with Crippen molar-refractivity contribution < 1.29 is 0 Å². The van der Waals surface area contributed by atoms with Crippen LogP contribution in [0.5, 0.6) is 0 Å². The van der Waals surface area contributed by atoms with Gasteiger partial charge in [0.25, 0.3) is 0 Å². The van der Waals surface area contributed by atoms with E-state index in [2.05, 4.69) is 72.6 Å². The molecule has 0 amide bonds. The summed E-state index contributed by atoms with van der Waals surface area (Å²) in [6.07, 6.45) is 8.80. The van der Waals surface area contributed by atoms with Gasteiger partial charge in [-0.15, -0.1) is 11.8 Å². The molecule has 1 aromatic carbocycles. The summed E-state index contributed by atoms with van der Waals surface area (Å²) in [5, 5.41) is 3.82. The Bertz CT molecular complexity index is 482. The maximum atomic E-state index is 3.33. The SMILES string of the molecule is CNC(C)CN1C/C=C\C=C/C(C)Sc2ccccc21. The molecule has 1 N–H and O–H groups in total. The normalized spacial score (nSPS) is 23.8. The lowest BCUT2D eigenvalue weighted by Crippen LogP contribution is -2.38. The van der Waals surface area contributed by atoms with E-state index in [1.807, 2.05) is 18.8 Å². The fourth-order valence-electron chi connectivity index (χ4n) is 2.24. The number of allylic oxidation sites excluding steroid dienone is 2. The summed E-state index contributed by atoms with van der Waals surface area (Å²) in [6, 6.07) is 9.19. The third-order valence-electron chi connectivity index (χ3n) is 3.46. The van der Waals surface area contributed by atoms with Crippen LogP contribution in [0.2, 0.25) is 0 Å². The second kappa shape index (κ2) is 7.55. The zero-order valence-electron chi connectivity index (χ0n) is 12.5. The number of likely N-dealkylation sites (N-methyl/N-ethyl adjacent to an activating group) is 1. The Hall–Kier alpha value is -1.19. The van der Waals surface area contributed by atoms with E-state index < -0.39 is 0 Å². The number of anilines is 1. The molecule has 0 bridgehead atoms. The molecule has 1 aliphatic heterocycles. The van der Waals surface area contributed by atoms with E-state index in [1.165, 1.54) is 10.6 Å². The van der Waals surface area contributed by atoms with Gasteiger partial charge in [-0.2, -0.15) is 0 Å². The van der Waals surface area contributed by atoms with E-state index in [0.29, 0.717) is 11.3 Å². The van der Waals surface area contributed by atoms with Gasteiger partial charge in [-0.3, -0.25) is 0 Å². The van der Waals surface area contributed by atoms with Crippen molar-refractivity contribution in [3.8, 4) is 0 Å². The number of hydrogen-bond acceptors (Lipinski definition) is 3. The van der Waals surface area contributed by atoms with Crippen molar-refractivity contribution in [2.75, 3.05) is 25.0 Å². The van der Waals surface area contributed by atoms with Gasteiger partial charge in [0.2, 0.25) is 0 Å². The summed E-state index contributed by atoms with van der Waals surface area (Å²) in [5.74, 6) is 0. The minimum Gasteiger partial charge on any atom is -0.365 e. The second-order valence-electron chi connectivity index (χ2n) is 5.20. The molecule has 108 valence electrons. The van der Waals surface area contributed by atoms with Crippen LogP contribution in [0.4, 0.5) is 5.69 Å². The summed E-state index contributed by atoms with van der Waals surface area (Å²) in [7, 11) is 2.02. The van der Waals surface area contributed by atoms with Crippen molar-refractivity contribution in [1.29, 1.82) is 0 Å². The third-order valence-corrected chi connectivity index (χ3v) is 4.59.